The van der Waals surface area contributed by atoms with Crippen LogP contribution in [0.4, 0.5) is 0 Å². The third-order valence-corrected chi connectivity index (χ3v) is 3.52. The quantitative estimate of drug-likeness (QED) is 0.941. The lowest BCUT2D eigenvalue weighted by atomic mass is 10.2. The van der Waals surface area contributed by atoms with E-state index in [0.717, 1.165) is 50.1 Å². The van der Waals surface area contributed by atoms with Crippen LogP contribution >= 0.6 is 0 Å². The number of ether oxygens (including phenoxy) is 1. The Morgan fingerprint density at radius 1 is 1.09 bits per heavy atom. The lowest BCUT2D eigenvalue weighted by molar-refractivity contribution is 0.233. The molecule has 1 aliphatic heterocycles. The summed E-state index contributed by atoms with van der Waals surface area (Å²) in [6.45, 7) is 15.1. The Kier molecular flexibility index (Phi) is 8.58. The molecule has 6 nitrogen and oxygen atoms in total. The highest BCUT2D eigenvalue weighted by Gasteiger charge is 2.13. The summed E-state index contributed by atoms with van der Waals surface area (Å²) in [6.07, 6.45) is 0. The molecular formula is C17H31N5O. The summed E-state index contributed by atoms with van der Waals surface area (Å²) in [5, 5.41) is 11.6. The van der Waals surface area contributed by atoms with E-state index in [1.165, 1.54) is 5.56 Å². The van der Waals surface area contributed by atoms with Gasteiger partial charge in [0, 0.05) is 38.8 Å². The predicted molar refractivity (Wildman–Crippen MR) is 95.1 cm³/mol. The lowest BCUT2D eigenvalue weighted by Crippen LogP contribution is -2.42. The number of nitrogens with one attached hydrogen (secondary N) is 1. The summed E-state index contributed by atoms with van der Waals surface area (Å²) in [6, 6.07) is 4.16. The molecule has 6 heteroatoms. The number of aryl methyl sites for hydroxylation is 1. The Labute approximate surface area is 139 Å². The molecule has 0 bridgehead atoms. The van der Waals surface area contributed by atoms with Crippen LogP contribution in [0.5, 0.6) is 5.88 Å². The van der Waals surface area contributed by atoms with Gasteiger partial charge in [0.05, 0.1) is 7.11 Å². The maximum atomic E-state index is 5.45. The molecule has 0 saturated carbocycles. The molecule has 2 aromatic heterocycles. The molecule has 1 saturated heterocycles. The van der Waals surface area contributed by atoms with E-state index in [-0.39, 0.29) is 0 Å². The van der Waals surface area contributed by atoms with E-state index in [4.69, 9.17) is 4.74 Å². The number of hydrogen-bond donors (Lipinski definition) is 1. The number of pyridine rings is 1. The van der Waals surface area contributed by atoms with E-state index in [1.54, 1.807) is 7.11 Å². The molecule has 3 rings (SSSR count). The zero-order valence-electron chi connectivity index (χ0n) is 15.4. The number of rotatable bonds is 3. The predicted octanol–water partition coefficient (Wildman–Crippen LogP) is 2.50. The van der Waals surface area contributed by atoms with Gasteiger partial charge < -0.3 is 10.1 Å². The van der Waals surface area contributed by atoms with Gasteiger partial charge in [-0.3, -0.25) is 4.90 Å². The molecule has 0 amide bonds. The van der Waals surface area contributed by atoms with Crippen LogP contribution in [0.25, 0.3) is 5.65 Å². The van der Waals surface area contributed by atoms with Crippen molar-refractivity contribution in [3.8, 4) is 5.88 Å². The van der Waals surface area contributed by atoms with Crippen LogP contribution in [0, 0.1) is 6.92 Å². The van der Waals surface area contributed by atoms with Crippen LogP contribution in [-0.2, 0) is 6.54 Å². The molecule has 2 aromatic rings. The summed E-state index contributed by atoms with van der Waals surface area (Å²) in [5.74, 6) is 1.64. The number of piperazine rings is 1. The van der Waals surface area contributed by atoms with E-state index in [0.29, 0.717) is 0 Å². The maximum Gasteiger partial charge on any atom is 0.200 e. The first-order chi connectivity index (χ1) is 11.3. The minimum Gasteiger partial charge on any atom is -0.482 e. The lowest BCUT2D eigenvalue weighted by Gasteiger charge is -2.27. The van der Waals surface area contributed by atoms with Gasteiger partial charge in [-0.05, 0) is 18.6 Å². The highest BCUT2D eigenvalue weighted by molar-refractivity contribution is 5.46. The van der Waals surface area contributed by atoms with Crippen LogP contribution in [-0.4, -0.2) is 52.8 Å². The van der Waals surface area contributed by atoms with Crippen LogP contribution < -0.4 is 10.1 Å². The van der Waals surface area contributed by atoms with Gasteiger partial charge in [-0.2, -0.15) is 0 Å². The first-order valence-electron chi connectivity index (χ1n) is 8.59. The Hall–Kier alpha value is -1.66. The monoisotopic (exact) mass is 321 g/mol. The van der Waals surface area contributed by atoms with Gasteiger partial charge in [0.1, 0.15) is 5.82 Å². The normalized spacial score (nSPS) is 14.5. The maximum absolute atomic E-state index is 5.45. The Balaban J connectivity index is 0.000000615. The molecule has 0 unspecified atom stereocenters. The zero-order chi connectivity index (χ0) is 17.2. The molecule has 1 N–H and O–H groups in total. The molecule has 0 aromatic carbocycles. The van der Waals surface area contributed by atoms with Crippen molar-refractivity contribution >= 4 is 5.65 Å². The molecule has 0 spiro atoms. The molecule has 0 radical (unpaired) electrons. The Morgan fingerprint density at radius 3 is 2.35 bits per heavy atom. The van der Waals surface area contributed by atoms with Gasteiger partial charge in [-0.15, -0.1) is 10.2 Å². The summed E-state index contributed by atoms with van der Waals surface area (Å²) in [4.78, 5) is 2.44. The first-order valence-corrected chi connectivity index (χ1v) is 8.59. The standard InChI is InChI=1S/C13H19N5O.2C2H6/c1-10-15-16-12-7-11(8-13(19-2)18(10)12)9-17-5-3-14-4-6-17;2*1-2/h7-8,14H,3-6,9H2,1-2H3;2*1-2H3. The van der Waals surface area contributed by atoms with Crippen molar-refractivity contribution in [2.24, 2.45) is 0 Å². The van der Waals surface area contributed by atoms with Gasteiger partial charge in [-0.1, -0.05) is 27.7 Å². The summed E-state index contributed by atoms with van der Waals surface area (Å²) in [7, 11) is 1.68. The molecule has 3 heterocycles. The summed E-state index contributed by atoms with van der Waals surface area (Å²) >= 11 is 0. The largest absolute Gasteiger partial charge is 0.482 e. The molecular weight excluding hydrogens is 290 g/mol. The molecule has 0 aliphatic carbocycles. The fourth-order valence-corrected chi connectivity index (χ4v) is 2.54. The van der Waals surface area contributed by atoms with E-state index < -0.39 is 0 Å². The van der Waals surface area contributed by atoms with Crippen molar-refractivity contribution in [1.29, 1.82) is 0 Å². The third kappa shape index (κ3) is 4.91. The average molecular weight is 321 g/mol. The highest BCUT2D eigenvalue weighted by atomic mass is 16.5. The van der Waals surface area contributed by atoms with Crippen molar-refractivity contribution < 1.29 is 4.74 Å². The second kappa shape index (κ2) is 10.2. The van der Waals surface area contributed by atoms with Crippen LogP contribution in [0.1, 0.15) is 39.1 Å². The smallest absolute Gasteiger partial charge is 0.200 e. The van der Waals surface area contributed by atoms with Crippen LogP contribution in [0.2, 0.25) is 0 Å². The molecule has 1 aliphatic rings. The van der Waals surface area contributed by atoms with Crippen LogP contribution in [0.15, 0.2) is 12.1 Å². The van der Waals surface area contributed by atoms with E-state index in [9.17, 15) is 0 Å². The SMILES string of the molecule is CC.CC.COc1cc(CN2CCNCC2)cc2nnc(C)n12. The number of hydrogen-bond acceptors (Lipinski definition) is 5. The van der Waals surface area contributed by atoms with Gasteiger partial charge in [0.2, 0.25) is 5.88 Å². The van der Waals surface area contributed by atoms with Crippen molar-refractivity contribution in [3.63, 3.8) is 0 Å². The fraction of sp³-hybridized carbons (Fsp3) is 0.647. The van der Waals surface area contributed by atoms with Crippen molar-refractivity contribution in [3.05, 3.63) is 23.5 Å². The Bertz CT molecular complexity index is 576. The fourth-order valence-electron chi connectivity index (χ4n) is 2.54. The summed E-state index contributed by atoms with van der Waals surface area (Å²) < 4.78 is 7.38. The van der Waals surface area contributed by atoms with Crippen molar-refractivity contribution in [2.75, 3.05) is 33.3 Å². The van der Waals surface area contributed by atoms with Gasteiger partial charge in [0.25, 0.3) is 0 Å². The number of methoxy groups -OCH3 is 1. The van der Waals surface area contributed by atoms with Gasteiger partial charge >= 0.3 is 0 Å². The number of nitrogens with zero attached hydrogens (tertiary/aromatic N) is 4. The van der Waals surface area contributed by atoms with E-state index >= 15 is 0 Å². The second-order valence-electron chi connectivity index (χ2n) is 4.87. The van der Waals surface area contributed by atoms with E-state index in [2.05, 4.69) is 32.5 Å². The topological polar surface area (TPSA) is 54.7 Å². The minimum absolute atomic E-state index is 0.796. The minimum atomic E-state index is 0.796. The average Bonchev–Trinajstić information content (AvgIpc) is 3.00. The van der Waals surface area contributed by atoms with Crippen molar-refractivity contribution in [1.82, 2.24) is 24.8 Å². The summed E-state index contributed by atoms with van der Waals surface area (Å²) in [5.41, 5.74) is 2.07. The zero-order valence-corrected chi connectivity index (χ0v) is 15.4. The second-order valence-corrected chi connectivity index (χ2v) is 4.87. The first kappa shape index (κ1) is 19.4. The van der Waals surface area contributed by atoms with Gasteiger partial charge in [0.15, 0.2) is 5.65 Å². The van der Waals surface area contributed by atoms with Crippen LogP contribution in [0.3, 0.4) is 0 Å². The van der Waals surface area contributed by atoms with Crippen molar-refractivity contribution in [2.45, 2.75) is 41.2 Å². The highest BCUT2D eigenvalue weighted by Crippen LogP contribution is 2.19. The molecule has 1 fully saturated rings. The molecule has 130 valence electrons. The Morgan fingerprint density at radius 2 is 1.74 bits per heavy atom. The molecule has 0 atom stereocenters. The molecule has 23 heavy (non-hydrogen) atoms. The number of aromatic nitrogens is 3. The number of fused-ring (bicyclic) bond motifs is 1. The van der Waals surface area contributed by atoms with Gasteiger partial charge in [-0.25, -0.2) is 4.40 Å². The third-order valence-electron chi connectivity index (χ3n) is 3.52. The van der Waals surface area contributed by atoms with E-state index in [1.807, 2.05) is 39.0 Å².